The first-order valence-corrected chi connectivity index (χ1v) is 30.9. The van der Waals surface area contributed by atoms with Gasteiger partial charge in [0.2, 0.25) is 0 Å². The van der Waals surface area contributed by atoms with E-state index in [0.717, 1.165) is 135 Å². The molecule has 1 fully saturated rings. The highest BCUT2D eigenvalue weighted by atomic mass is 16.7. The van der Waals surface area contributed by atoms with Crippen LogP contribution in [-0.2, 0) is 42.9 Å². The lowest BCUT2D eigenvalue weighted by molar-refractivity contribution is -0.301. The molecule has 1 aliphatic rings. The molecule has 3 N–H and O–H groups in total. The lowest BCUT2D eigenvalue weighted by Crippen LogP contribution is -2.61. The first kappa shape index (κ1) is 71.2. The Kier molecular flexibility index (Phi) is 48.8. The van der Waals surface area contributed by atoms with E-state index < -0.39 is 67.3 Å². The Labute approximate surface area is 468 Å². The van der Waals surface area contributed by atoms with Gasteiger partial charge >= 0.3 is 23.9 Å². The summed E-state index contributed by atoms with van der Waals surface area (Å²) in [5.74, 6) is -3.15. The van der Waals surface area contributed by atoms with Crippen LogP contribution in [0.3, 0.4) is 0 Å². The molecule has 1 heterocycles. The summed E-state index contributed by atoms with van der Waals surface area (Å²) in [4.78, 5) is 51.2. The average molecular weight is 1080 g/mol. The van der Waals surface area contributed by atoms with Crippen LogP contribution in [0.15, 0.2) is 72.9 Å². The highest BCUT2D eigenvalue weighted by molar-refractivity contribution is 5.74. The summed E-state index contributed by atoms with van der Waals surface area (Å²) in [6, 6.07) is 0. The number of aliphatic carboxylic acids is 1. The number of aliphatic hydroxyl groups excluding tert-OH is 2. The second kappa shape index (κ2) is 52.8. The van der Waals surface area contributed by atoms with Crippen LogP contribution in [0.25, 0.3) is 0 Å². The maximum atomic E-state index is 13.1. The van der Waals surface area contributed by atoms with Gasteiger partial charge in [0.25, 0.3) is 0 Å². The van der Waals surface area contributed by atoms with Crippen molar-refractivity contribution in [2.24, 2.45) is 0 Å². The maximum Gasteiger partial charge on any atom is 0.335 e. The predicted molar refractivity (Wildman–Crippen MR) is 312 cm³/mol. The highest BCUT2D eigenvalue weighted by Gasteiger charge is 2.50. The number of carbonyl (C=O) groups is 4. The Balaban J connectivity index is 2.65. The largest absolute Gasteiger partial charge is 0.479 e. The zero-order valence-electron chi connectivity index (χ0n) is 48.7. The molecule has 0 aromatic heterocycles. The molecule has 0 saturated carbocycles. The number of hydrogen-bond donors (Lipinski definition) is 3. The van der Waals surface area contributed by atoms with Gasteiger partial charge in [-0.05, 0) is 103 Å². The molecule has 12 heteroatoms. The molecule has 0 spiro atoms. The fourth-order valence-electron chi connectivity index (χ4n) is 8.98. The zero-order chi connectivity index (χ0) is 56.1. The summed E-state index contributed by atoms with van der Waals surface area (Å²) in [5.41, 5.74) is 0. The number of carboxylic acid groups (broad SMARTS) is 1. The number of aliphatic hydroxyl groups is 2. The molecule has 6 atom stereocenters. The zero-order valence-corrected chi connectivity index (χ0v) is 48.7. The Morgan fingerprint density at radius 2 is 0.831 bits per heavy atom. The van der Waals surface area contributed by atoms with Crippen molar-refractivity contribution in [2.75, 3.05) is 13.2 Å². The third-order valence-corrected chi connectivity index (χ3v) is 13.7. The fourth-order valence-corrected chi connectivity index (χ4v) is 8.98. The van der Waals surface area contributed by atoms with Crippen molar-refractivity contribution in [3.63, 3.8) is 0 Å². The Hall–Kier alpha value is -3.84. The second-order valence-corrected chi connectivity index (χ2v) is 20.9. The van der Waals surface area contributed by atoms with Gasteiger partial charge in [-0.25, -0.2) is 4.79 Å². The summed E-state index contributed by atoms with van der Waals surface area (Å²) in [6.07, 6.45) is 54.4. The number of hydrogen-bond acceptors (Lipinski definition) is 11. The van der Waals surface area contributed by atoms with Gasteiger partial charge in [0.1, 0.15) is 18.8 Å². The molecule has 1 aliphatic heterocycles. The van der Waals surface area contributed by atoms with E-state index in [-0.39, 0.29) is 25.9 Å². The van der Waals surface area contributed by atoms with Gasteiger partial charge in [0, 0.05) is 19.3 Å². The fraction of sp³-hybridized carbons (Fsp3) is 0.754. The summed E-state index contributed by atoms with van der Waals surface area (Å²) >= 11 is 0. The van der Waals surface area contributed by atoms with Crippen LogP contribution in [0.5, 0.6) is 0 Å². The van der Waals surface area contributed by atoms with Crippen LogP contribution < -0.4 is 0 Å². The van der Waals surface area contributed by atoms with E-state index >= 15 is 0 Å². The van der Waals surface area contributed by atoms with E-state index in [4.69, 9.17) is 23.7 Å². The number of esters is 3. The van der Waals surface area contributed by atoms with Gasteiger partial charge in [0.15, 0.2) is 24.6 Å². The van der Waals surface area contributed by atoms with Gasteiger partial charge in [-0.15, -0.1) is 0 Å². The minimum atomic E-state index is -1.91. The number of carboxylic acids is 1. The van der Waals surface area contributed by atoms with E-state index in [1.807, 2.05) is 0 Å². The van der Waals surface area contributed by atoms with Gasteiger partial charge in [-0.1, -0.05) is 216 Å². The summed E-state index contributed by atoms with van der Waals surface area (Å²) < 4.78 is 28.4. The lowest BCUT2D eigenvalue weighted by Gasteiger charge is -2.40. The molecule has 6 unspecified atom stereocenters. The first-order chi connectivity index (χ1) is 37.6. The Morgan fingerprint density at radius 1 is 0.442 bits per heavy atom. The lowest BCUT2D eigenvalue weighted by atomic mass is 9.98. The molecule has 0 amide bonds. The molecule has 1 rings (SSSR count). The third kappa shape index (κ3) is 42.7. The molecule has 0 aromatic rings. The minimum Gasteiger partial charge on any atom is -0.479 e. The molecule has 1 saturated heterocycles. The topological polar surface area (TPSA) is 175 Å². The van der Waals surface area contributed by atoms with Crippen LogP contribution in [0.1, 0.15) is 265 Å². The van der Waals surface area contributed by atoms with Gasteiger partial charge in [0.05, 0.1) is 6.61 Å². The quantitative estimate of drug-likeness (QED) is 0.0228. The van der Waals surface area contributed by atoms with Crippen molar-refractivity contribution < 1.29 is 58.2 Å². The minimum absolute atomic E-state index is 0.0523. The molecule has 12 nitrogen and oxygen atoms in total. The summed E-state index contributed by atoms with van der Waals surface area (Å²) in [5, 5.41) is 31.5. The number of ether oxygens (including phenoxy) is 5. The van der Waals surface area contributed by atoms with E-state index in [2.05, 4.69) is 93.7 Å². The smallest absolute Gasteiger partial charge is 0.335 e. The van der Waals surface area contributed by atoms with Crippen molar-refractivity contribution in [3.8, 4) is 0 Å². The van der Waals surface area contributed by atoms with E-state index in [9.17, 15) is 34.5 Å². The molecule has 0 aliphatic carbocycles. The molecule has 442 valence electrons. The second-order valence-electron chi connectivity index (χ2n) is 20.9. The summed E-state index contributed by atoms with van der Waals surface area (Å²) in [7, 11) is 0. The van der Waals surface area contributed by atoms with E-state index in [1.165, 1.54) is 70.6 Å². The predicted octanol–water partition coefficient (Wildman–Crippen LogP) is 16.1. The number of unbranched alkanes of at least 4 members (excludes halogenated alkanes) is 26. The molecular weight excluding hydrogens is 973 g/mol. The number of rotatable bonds is 52. The monoisotopic (exact) mass is 1080 g/mol. The molecule has 0 aromatic carbocycles. The van der Waals surface area contributed by atoms with Gasteiger partial charge in [-0.3, -0.25) is 14.4 Å². The molecule has 0 radical (unpaired) electrons. The number of carbonyl (C=O) groups excluding carboxylic acids is 3. The molecule has 0 bridgehead atoms. The summed E-state index contributed by atoms with van der Waals surface area (Å²) in [6.45, 7) is 5.83. The Morgan fingerprint density at radius 3 is 1.30 bits per heavy atom. The highest BCUT2D eigenvalue weighted by Crippen LogP contribution is 2.26. The average Bonchev–Trinajstić information content (AvgIpc) is 3.41. The van der Waals surface area contributed by atoms with Crippen LogP contribution >= 0.6 is 0 Å². The van der Waals surface area contributed by atoms with Gasteiger partial charge < -0.3 is 39.0 Å². The molecule has 77 heavy (non-hydrogen) atoms. The van der Waals surface area contributed by atoms with Crippen LogP contribution in [0.4, 0.5) is 0 Å². The van der Waals surface area contributed by atoms with Crippen molar-refractivity contribution >= 4 is 23.9 Å². The van der Waals surface area contributed by atoms with Gasteiger partial charge in [-0.2, -0.15) is 0 Å². The van der Waals surface area contributed by atoms with Crippen molar-refractivity contribution in [1.82, 2.24) is 0 Å². The van der Waals surface area contributed by atoms with E-state index in [0.29, 0.717) is 19.3 Å². The van der Waals surface area contributed by atoms with E-state index in [1.54, 1.807) is 0 Å². The number of allylic oxidation sites excluding steroid dienone is 12. The van der Waals surface area contributed by atoms with Crippen LogP contribution in [0, 0.1) is 0 Å². The maximum absolute atomic E-state index is 13.1. The van der Waals surface area contributed by atoms with Crippen molar-refractivity contribution in [3.05, 3.63) is 72.9 Å². The standard InChI is InChI=1S/C65H110O12/c1-4-7-10-13-16-19-22-24-26-28-29-31-32-34-37-39-42-45-48-51-57(66)73-54-56(75-58(67)52-49-46-43-40-36-21-18-15-12-9-6-3)55-74-65-63(61(70)60(69)62(77-65)64(71)72)76-59(68)53-50-47-44-41-38-35-33-30-27-25-23-20-17-14-11-8-5-2/h7,10,15-16,18-19,24-27,29,31,56,60-63,65,69-70H,4-6,8-9,11-14,17,20-23,28,30,32-55H2,1-3H3,(H,71,72)/b10-7-,18-15-,19-16-,26-24-,27-25-,31-29-. The SMILES string of the molecule is CC/C=C\C/C=C\C/C=C\C/C=C\CCCCCCCCC(=O)OCC(COC1OC(C(=O)O)C(O)C(O)C1OC(=O)CCCCCCCCC/C=C\CCCCCCCC)OC(=O)CCCCCCC/C=C\CCCC. The molecular formula is C65H110O12. The van der Waals surface area contributed by atoms with Crippen molar-refractivity contribution in [2.45, 2.75) is 302 Å². The Bertz CT molecular complexity index is 1620. The van der Waals surface area contributed by atoms with Crippen LogP contribution in [-0.4, -0.2) is 89.2 Å². The van der Waals surface area contributed by atoms with Crippen LogP contribution in [0.2, 0.25) is 0 Å². The normalized spacial score (nSPS) is 18.5. The third-order valence-electron chi connectivity index (χ3n) is 13.7. The van der Waals surface area contributed by atoms with Crippen molar-refractivity contribution in [1.29, 1.82) is 0 Å². The first-order valence-electron chi connectivity index (χ1n) is 30.9.